The lowest BCUT2D eigenvalue weighted by Gasteiger charge is -2.12. The van der Waals surface area contributed by atoms with Gasteiger partial charge in [-0.2, -0.15) is 4.99 Å². The lowest BCUT2D eigenvalue weighted by Crippen LogP contribution is -2.30. The maximum absolute atomic E-state index is 13.1. The predicted molar refractivity (Wildman–Crippen MR) is 138 cm³/mol. The van der Waals surface area contributed by atoms with Crippen LogP contribution in [0.5, 0.6) is 17.2 Å². The maximum Gasteiger partial charge on any atom is 0.573 e. The molecule has 0 saturated carbocycles. The van der Waals surface area contributed by atoms with Crippen LogP contribution in [0.15, 0.2) is 52.8 Å². The van der Waals surface area contributed by atoms with E-state index in [1.165, 1.54) is 51.5 Å². The molecule has 14 heteroatoms. The number of hydrogen-bond acceptors (Lipinski definition) is 8. The van der Waals surface area contributed by atoms with Crippen molar-refractivity contribution in [2.45, 2.75) is 26.3 Å². The molecule has 3 aromatic rings. The molecular weight excluding hydrogens is 555 g/mol. The van der Waals surface area contributed by atoms with E-state index in [2.05, 4.69) is 19.8 Å². The zero-order chi connectivity index (χ0) is 29.3. The van der Waals surface area contributed by atoms with Crippen LogP contribution in [0.1, 0.15) is 23.7 Å². The quantitative estimate of drug-likeness (QED) is 0.269. The van der Waals surface area contributed by atoms with Gasteiger partial charge in [-0.25, -0.2) is 0 Å². The van der Waals surface area contributed by atoms with Gasteiger partial charge in [-0.05, 0) is 48.4 Å². The zero-order valence-corrected chi connectivity index (χ0v) is 22.6. The molecule has 0 aliphatic carbocycles. The van der Waals surface area contributed by atoms with Gasteiger partial charge in [0.2, 0.25) is 0 Å². The standard InChI is InChI=1S/C26H26F3N3O7S/c1-16(33)38-14-23(34)30-11-4-12-32-21(17-5-7-18(8-6-17)39-26(27,28)29)15-40-25(32)31-24(35)20-10-9-19(36-2)13-22(20)37-3/h5-10,13,15H,4,11-12,14H2,1-3H3,(H,30,34)/b31-25-. The second kappa shape index (κ2) is 13.6. The summed E-state index contributed by atoms with van der Waals surface area (Å²) in [5.74, 6) is -1.24. The van der Waals surface area contributed by atoms with Gasteiger partial charge in [-0.15, -0.1) is 24.5 Å². The number of methoxy groups -OCH3 is 2. The molecule has 3 rings (SSSR count). The topological polar surface area (TPSA) is 117 Å². The molecule has 2 aromatic carbocycles. The number of halogens is 3. The summed E-state index contributed by atoms with van der Waals surface area (Å²) >= 11 is 1.16. The summed E-state index contributed by atoms with van der Waals surface area (Å²) in [5, 5.41) is 4.34. The molecule has 40 heavy (non-hydrogen) atoms. The number of hydrogen-bond donors (Lipinski definition) is 1. The molecular formula is C26H26F3N3O7S. The Morgan fingerprint density at radius 3 is 2.35 bits per heavy atom. The van der Waals surface area contributed by atoms with Gasteiger partial charge in [0.25, 0.3) is 11.8 Å². The van der Waals surface area contributed by atoms with Crippen molar-refractivity contribution >= 4 is 29.1 Å². The summed E-state index contributed by atoms with van der Waals surface area (Å²) in [7, 11) is 2.90. The van der Waals surface area contributed by atoms with Crippen LogP contribution in [0, 0.1) is 0 Å². The Labute approximate surface area is 231 Å². The maximum atomic E-state index is 13.1. The number of benzene rings is 2. The van der Waals surface area contributed by atoms with Crippen molar-refractivity contribution in [2.75, 3.05) is 27.4 Å². The summed E-state index contributed by atoms with van der Waals surface area (Å²) in [6.07, 6.45) is -4.42. The summed E-state index contributed by atoms with van der Waals surface area (Å²) in [4.78, 5) is 40.4. The first kappa shape index (κ1) is 30.2. The van der Waals surface area contributed by atoms with Crippen molar-refractivity contribution in [2.24, 2.45) is 4.99 Å². The number of thiazole rings is 1. The third-order valence-corrected chi connectivity index (χ3v) is 6.17. The van der Waals surface area contributed by atoms with Gasteiger partial charge < -0.3 is 28.8 Å². The normalized spacial score (nSPS) is 11.6. The van der Waals surface area contributed by atoms with Crippen LogP contribution in [0.25, 0.3) is 11.3 Å². The first-order valence-corrected chi connectivity index (χ1v) is 12.6. The summed E-state index contributed by atoms with van der Waals surface area (Å²) in [5.41, 5.74) is 1.35. The lowest BCUT2D eigenvalue weighted by molar-refractivity contribution is -0.274. The number of rotatable bonds is 11. The average molecular weight is 582 g/mol. The fourth-order valence-corrected chi connectivity index (χ4v) is 4.43. The van der Waals surface area contributed by atoms with Crippen molar-refractivity contribution in [1.82, 2.24) is 9.88 Å². The highest BCUT2D eigenvalue weighted by Crippen LogP contribution is 2.28. The summed E-state index contributed by atoms with van der Waals surface area (Å²) < 4.78 is 58.5. The molecule has 0 aliphatic rings. The van der Waals surface area contributed by atoms with Gasteiger partial charge in [0.15, 0.2) is 11.4 Å². The molecule has 214 valence electrons. The highest BCUT2D eigenvalue weighted by atomic mass is 32.1. The molecule has 10 nitrogen and oxygen atoms in total. The number of nitrogens with one attached hydrogen (secondary N) is 1. The molecule has 1 N–H and O–H groups in total. The monoisotopic (exact) mass is 581 g/mol. The van der Waals surface area contributed by atoms with Gasteiger partial charge >= 0.3 is 12.3 Å². The van der Waals surface area contributed by atoms with Gasteiger partial charge in [0.05, 0.1) is 25.5 Å². The lowest BCUT2D eigenvalue weighted by atomic mass is 10.1. The van der Waals surface area contributed by atoms with Crippen LogP contribution in [0.4, 0.5) is 13.2 Å². The highest BCUT2D eigenvalue weighted by molar-refractivity contribution is 7.07. The van der Waals surface area contributed by atoms with E-state index in [1.54, 1.807) is 22.1 Å². The van der Waals surface area contributed by atoms with Crippen LogP contribution < -0.4 is 24.3 Å². The number of alkyl halides is 3. The van der Waals surface area contributed by atoms with Crippen LogP contribution in [0.3, 0.4) is 0 Å². The second-order valence-electron chi connectivity index (χ2n) is 8.09. The first-order chi connectivity index (χ1) is 19.0. The molecule has 0 radical (unpaired) electrons. The van der Waals surface area contributed by atoms with Crippen LogP contribution in [-0.4, -0.2) is 56.1 Å². The van der Waals surface area contributed by atoms with Gasteiger partial charge in [-0.1, -0.05) is 0 Å². The number of carbonyl (C=O) groups excluding carboxylic acids is 3. The first-order valence-electron chi connectivity index (χ1n) is 11.8. The number of esters is 1. The summed E-state index contributed by atoms with van der Waals surface area (Å²) in [6, 6.07) is 9.97. The SMILES string of the molecule is COc1ccc(C(=O)/N=c2\scc(-c3ccc(OC(F)(F)F)cc3)n2CCCNC(=O)COC(C)=O)c(OC)c1. The molecule has 1 aromatic heterocycles. The van der Waals surface area contributed by atoms with E-state index in [-0.39, 0.29) is 23.6 Å². The van der Waals surface area contributed by atoms with Crippen molar-refractivity contribution in [3.05, 3.63) is 58.2 Å². The van der Waals surface area contributed by atoms with E-state index >= 15 is 0 Å². The Morgan fingerprint density at radius 1 is 1.02 bits per heavy atom. The van der Waals surface area contributed by atoms with E-state index in [1.807, 2.05) is 0 Å². The van der Waals surface area contributed by atoms with Crippen molar-refractivity contribution < 1.29 is 46.5 Å². The molecule has 0 bridgehead atoms. The Hall–Kier alpha value is -4.33. The van der Waals surface area contributed by atoms with E-state index < -0.39 is 30.8 Å². The third-order valence-electron chi connectivity index (χ3n) is 5.30. The van der Waals surface area contributed by atoms with E-state index in [0.29, 0.717) is 34.8 Å². The van der Waals surface area contributed by atoms with Crippen LogP contribution in [0.2, 0.25) is 0 Å². The largest absolute Gasteiger partial charge is 0.573 e. The fourth-order valence-electron chi connectivity index (χ4n) is 3.50. The van der Waals surface area contributed by atoms with Gasteiger partial charge in [-0.3, -0.25) is 14.4 Å². The number of aromatic nitrogens is 1. The number of carbonyl (C=O) groups is 3. The molecule has 0 aliphatic heterocycles. The molecule has 0 unspecified atom stereocenters. The highest BCUT2D eigenvalue weighted by Gasteiger charge is 2.31. The minimum Gasteiger partial charge on any atom is -0.497 e. The number of ether oxygens (including phenoxy) is 4. The Balaban J connectivity index is 1.90. The molecule has 0 spiro atoms. The zero-order valence-electron chi connectivity index (χ0n) is 21.7. The van der Waals surface area contributed by atoms with Crippen molar-refractivity contribution in [3.8, 4) is 28.5 Å². The van der Waals surface area contributed by atoms with Crippen molar-refractivity contribution in [3.63, 3.8) is 0 Å². The minimum absolute atomic E-state index is 0.205. The average Bonchev–Trinajstić information content (AvgIpc) is 3.30. The third kappa shape index (κ3) is 8.59. The molecule has 1 heterocycles. The predicted octanol–water partition coefficient (Wildman–Crippen LogP) is 3.94. The van der Waals surface area contributed by atoms with Crippen molar-refractivity contribution in [1.29, 1.82) is 0 Å². The Morgan fingerprint density at radius 2 is 1.73 bits per heavy atom. The van der Waals surface area contributed by atoms with E-state index in [4.69, 9.17) is 9.47 Å². The molecule has 0 atom stereocenters. The summed E-state index contributed by atoms with van der Waals surface area (Å²) in [6.45, 7) is 1.30. The number of amides is 2. The van der Waals surface area contributed by atoms with Gasteiger partial charge in [0.1, 0.15) is 17.2 Å². The minimum atomic E-state index is -4.82. The van der Waals surface area contributed by atoms with Crippen LogP contribution in [-0.2, 0) is 20.9 Å². The fraction of sp³-hybridized carbons (Fsp3) is 0.308. The molecule has 0 fully saturated rings. The van der Waals surface area contributed by atoms with E-state index in [0.717, 1.165) is 11.3 Å². The van der Waals surface area contributed by atoms with Gasteiger partial charge in [0, 0.05) is 31.5 Å². The molecule has 0 saturated heterocycles. The van der Waals surface area contributed by atoms with Crippen LogP contribution >= 0.6 is 11.3 Å². The molecule has 2 amide bonds. The Kier molecular flexibility index (Phi) is 10.3. The second-order valence-corrected chi connectivity index (χ2v) is 8.93. The Bertz CT molecular complexity index is 1420. The number of nitrogens with zero attached hydrogens (tertiary/aromatic N) is 2. The van der Waals surface area contributed by atoms with E-state index in [9.17, 15) is 27.6 Å². The smallest absolute Gasteiger partial charge is 0.497 e.